The van der Waals surface area contributed by atoms with E-state index in [1.54, 1.807) is 13.3 Å². The molecule has 0 unspecified atom stereocenters. The average molecular weight is 380 g/mol. The minimum Gasteiger partial charge on any atom is -0.331 e. The van der Waals surface area contributed by atoms with Gasteiger partial charge in [0.25, 0.3) is 0 Å². The summed E-state index contributed by atoms with van der Waals surface area (Å²) in [6.07, 6.45) is 4.83. The van der Waals surface area contributed by atoms with Crippen molar-refractivity contribution in [3.05, 3.63) is 24.5 Å². The highest BCUT2D eigenvalue weighted by molar-refractivity contribution is 6.10. The molecule has 146 valence electrons. The van der Waals surface area contributed by atoms with Crippen LogP contribution in [0.5, 0.6) is 0 Å². The minimum absolute atomic E-state index is 0.151. The fourth-order valence-electron chi connectivity index (χ4n) is 5.57. The maximum absolute atomic E-state index is 12.9. The molecule has 7 heteroatoms. The minimum atomic E-state index is -0.811. The van der Waals surface area contributed by atoms with E-state index < -0.39 is 6.04 Å². The van der Waals surface area contributed by atoms with Crippen LogP contribution in [0.25, 0.3) is 11.0 Å². The molecule has 5 rings (SSSR count). The van der Waals surface area contributed by atoms with Gasteiger partial charge in [-0.25, -0.2) is 4.98 Å². The number of fused-ring (bicyclic) bond motifs is 6. The molecule has 1 aromatic carbocycles. The summed E-state index contributed by atoms with van der Waals surface area (Å²) in [5, 5.41) is 2.85. The first-order valence-electron chi connectivity index (χ1n) is 10.1. The summed E-state index contributed by atoms with van der Waals surface area (Å²) in [6, 6.07) is 4.74. The van der Waals surface area contributed by atoms with E-state index in [1.165, 1.54) is 4.90 Å². The number of hydrogen-bond acceptors (Lipinski definition) is 4. The monoisotopic (exact) mass is 380 g/mol. The lowest BCUT2D eigenvalue weighted by Crippen LogP contribution is -2.46. The number of carbonyl (C=O) groups is 3. The number of benzene rings is 1. The van der Waals surface area contributed by atoms with Gasteiger partial charge in [0.1, 0.15) is 6.04 Å². The van der Waals surface area contributed by atoms with Crippen LogP contribution in [-0.4, -0.2) is 38.2 Å². The van der Waals surface area contributed by atoms with Gasteiger partial charge in [0.05, 0.1) is 29.2 Å². The van der Waals surface area contributed by atoms with Crippen LogP contribution in [0, 0.1) is 23.7 Å². The first-order chi connectivity index (χ1) is 13.5. The normalized spacial score (nSPS) is 29.6. The average Bonchev–Trinajstić information content (AvgIpc) is 3.44. The third-order valence-corrected chi connectivity index (χ3v) is 6.96. The van der Waals surface area contributed by atoms with Crippen LogP contribution in [0.2, 0.25) is 0 Å². The van der Waals surface area contributed by atoms with Crippen molar-refractivity contribution in [1.29, 1.82) is 0 Å². The lowest BCUT2D eigenvalue weighted by atomic mass is 9.81. The van der Waals surface area contributed by atoms with Gasteiger partial charge in [0.15, 0.2) is 0 Å². The van der Waals surface area contributed by atoms with Crippen LogP contribution in [0.3, 0.4) is 0 Å². The molecule has 1 aliphatic heterocycles. The number of likely N-dealkylation sites (tertiary alicyclic amines) is 1. The number of imide groups is 1. The lowest BCUT2D eigenvalue weighted by molar-refractivity contribution is -0.146. The number of aryl methyl sites for hydroxylation is 1. The number of rotatable bonds is 4. The predicted octanol–water partition coefficient (Wildman–Crippen LogP) is 2.41. The number of imidazole rings is 1. The van der Waals surface area contributed by atoms with E-state index in [9.17, 15) is 14.4 Å². The molecule has 0 spiro atoms. The van der Waals surface area contributed by atoms with Gasteiger partial charge in [0.2, 0.25) is 17.7 Å². The van der Waals surface area contributed by atoms with Crippen molar-refractivity contribution in [2.75, 3.05) is 5.32 Å². The topological polar surface area (TPSA) is 84.3 Å². The third-order valence-electron chi connectivity index (χ3n) is 6.96. The molecule has 1 aromatic heterocycles. The second kappa shape index (κ2) is 6.15. The Morgan fingerprint density at radius 2 is 1.89 bits per heavy atom. The summed E-state index contributed by atoms with van der Waals surface area (Å²) in [5.41, 5.74) is 2.42. The summed E-state index contributed by atoms with van der Waals surface area (Å²) in [7, 11) is 0. The second-order valence-electron chi connectivity index (χ2n) is 8.33. The molecule has 2 aliphatic carbocycles. The van der Waals surface area contributed by atoms with E-state index in [0.717, 1.165) is 36.8 Å². The first kappa shape index (κ1) is 17.4. The summed E-state index contributed by atoms with van der Waals surface area (Å²) >= 11 is 0. The highest BCUT2D eigenvalue weighted by atomic mass is 16.2. The molecule has 3 aliphatic rings. The highest BCUT2D eigenvalue weighted by Crippen LogP contribution is 2.56. The zero-order valence-corrected chi connectivity index (χ0v) is 16.1. The molecular weight excluding hydrogens is 356 g/mol. The van der Waals surface area contributed by atoms with Crippen molar-refractivity contribution in [1.82, 2.24) is 14.5 Å². The standard InChI is InChI=1S/C21H24N4O3/c1-3-24-10-22-15-9-14(6-7-16(15)24)23-19(26)11(2)25-20(27)17-12-4-5-13(8-12)18(17)21(25)28/h6-7,9-13,17-18H,3-5,8H2,1-2H3,(H,23,26)/t11-,12+,13+,17-,18+/m1/s1. The molecule has 3 amide bonds. The first-order valence-corrected chi connectivity index (χ1v) is 10.1. The highest BCUT2D eigenvalue weighted by Gasteiger charge is 2.62. The van der Waals surface area contributed by atoms with Crippen molar-refractivity contribution in [3.8, 4) is 0 Å². The molecule has 2 aromatic rings. The Morgan fingerprint density at radius 3 is 2.54 bits per heavy atom. The van der Waals surface area contributed by atoms with Crippen molar-refractivity contribution >= 4 is 34.4 Å². The van der Waals surface area contributed by atoms with Crippen molar-refractivity contribution in [2.45, 2.75) is 45.7 Å². The van der Waals surface area contributed by atoms with Gasteiger partial charge in [-0.1, -0.05) is 0 Å². The van der Waals surface area contributed by atoms with E-state index in [-0.39, 0.29) is 29.6 Å². The van der Waals surface area contributed by atoms with Crippen LogP contribution in [-0.2, 0) is 20.9 Å². The van der Waals surface area contributed by atoms with Crippen molar-refractivity contribution in [3.63, 3.8) is 0 Å². The molecule has 1 saturated heterocycles. The molecule has 3 fully saturated rings. The Morgan fingerprint density at radius 1 is 1.21 bits per heavy atom. The fourth-order valence-corrected chi connectivity index (χ4v) is 5.57. The molecule has 0 radical (unpaired) electrons. The molecular formula is C21H24N4O3. The summed E-state index contributed by atoms with van der Waals surface area (Å²) in [5.74, 6) is -0.399. The Balaban J connectivity index is 1.34. The van der Waals surface area contributed by atoms with Crippen LogP contribution < -0.4 is 5.32 Å². The van der Waals surface area contributed by atoms with Gasteiger partial charge in [0, 0.05) is 12.2 Å². The molecule has 5 atom stereocenters. The van der Waals surface area contributed by atoms with Crippen LogP contribution in [0.1, 0.15) is 33.1 Å². The van der Waals surface area contributed by atoms with Crippen LogP contribution in [0.15, 0.2) is 24.5 Å². The summed E-state index contributed by atoms with van der Waals surface area (Å²) in [6.45, 7) is 4.51. The molecule has 2 heterocycles. The molecule has 2 saturated carbocycles. The fraction of sp³-hybridized carbons (Fsp3) is 0.524. The smallest absolute Gasteiger partial charge is 0.247 e. The largest absolute Gasteiger partial charge is 0.331 e. The van der Waals surface area contributed by atoms with E-state index in [0.29, 0.717) is 17.5 Å². The van der Waals surface area contributed by atoms with Crippen LogP contribution >= 0.6 is 0 Å². The zero-order chi connectivity index (χ0) is 19.6. The van der Waals surface area contributed by atoms with Gasteiger partial charge in [-0.2, -0.15) is 0 Å². The van der Waals surface area contributed by atoms with Gasteiger partial charge in [-0.3, -0.25) is 19.3 Å². The number of nitrogens with zero attached hydrogens (tertiary/aromatic N) is 3. The quantitative estimate of drug-likeness (QED) is 0.826. The van der Waals surface area contributed by atoms with E-state index >= 15 is 0 Å². The van der Waals surface area contributed by atoms with E-state index in [4.69, 9.17) is 0 Å². The Bertz CT molecular complexity index is 969. The van der Waals surface area contributed by atoms with Crippen LogP contribution in [0.4, 0.5) is 5.69 Å². The second-order valence-corrected chi connectivity index (χ2v) is 8.33. The number of amides is 3. The Labute approximate surface area is 163 Å². The maximum Gasteiger partial charge on any atom is 0.247 e. The number of anilines is 1. The third kappa shape index (κ3) is 2.34. The summed E-state index contributed by atoms with van der Waals surface area (Å²) < 4.78 is 2.03. The number of carbonyl (C=O) groups excluding carboxylic acids is 3. The predicted molar refractivity (Wildman–Crippen MR) is 103 cm³/mol. The molecule has 1 N–H and O–H groups in total. The van der Waals surface area contributed by atoms with E-state index in [1.807, 2.05) is 29.7 Å². The number of hydrogen-bond donors (Lipinski definition) is 1. The molecule has 7 nitrogen and oxygen atoms in total. The molecule has 2 bridgehead atoms. The number of aromatic nitrogens is 2. The lowest BCUT2D eigenvalue weighted by Gasteiger charge is -2.23. The number of nitrogens with one attached hydrogen (secondary N) is 1. The Hall–Kier alpha value is -2.70. The van der Waals surface area contributed by atoms with Gasteiger partial charge in [-0.05, 0) is 63.1 Å². The summed E-state index contributed by atoms with van der Waals surface area (Å²) in [4.78, 5) is 44.2. The van der Waals surface area contributed by atoms with Crippen molar-refractivity contribution < 1.29 is 14.4 Å². The van der Waals surface area contributed by atoms with Gasteiger partial charge >= 0.3 is 0 Å². The Kier molecular flexibility index (Phi) is 3.82. The van der Waals surface area contributed by atoms with E-state index in [2.05, 4.69) is 10.3 Å². The van der Waals surface area contributed by atoms with Gasteiger partial charge < -0.3 is 9.88 Å². The SMILES string of the molecule is CCn1cnc2cc(NC(=O)[C@@H](C)N3C(=O)[C@@H]4[C@H]5CC[C@@H](C5)[C@@H]4C3=O)ccc21. The molecule has 28 heavy (non-hydrogen) atoms. The van der Waals surface area contributed by atoms with Crippen molar-refractivity contribution in [2.24, 2.45) is 23.7 Å². The zero-order valence-electron chi connectivity index (χ0n) is 16.1. The van der Waals surface area contributed by atoms with Gasteiger partial charge in [-0.15, -0.1) is 0 Å². The maximum atomic E-state index is 12.9.